The molecule has 2 fully saturated rings. The summed E-state index contributed by atoms with van der Waals surface area (Å²) in [7, 11) is 4.06. The molecular weight excluding hydrogens is 262 g/mol. The summed E-state index contributed by atoms with van der Waals surface area (Å²) in [6.45, 7) is 1.80. The predicted octanol–water partition coefficient (Wildman–Crippen LogP) is 2.65. The lowest BCUT2D eigenvalue weighted by Gasteiger charge is -2.36. The number of likely N-dealkylation sites (tertiary alicyclic amines) is 1. The molecule has 1 aromatic heterocycles. The normalized spacial score (nSPS) is 20.2. The van der Waals surface area contributed by atoms with Gasteiger partial charge in [-0.15, -0.1) is 0 Å². The van der Waals surface area contributed by atoms with Gasteiger partial charge in [0.05, 0.1) is 11.9 Å². The molecule has 0 atom stereocenters. The highest BCUT2D eigenvalue weighted by atomic mass is 16.2. The number of hydrogen-bond acceptors (Lipinski definition) is 3. The SMILES string of the molecule is CN(C)c1ccc(C2CCN(C(=O)C3CCC3)CC2)nc1. The number of nitrogens with zero attached hydrogens (tertiary/aromatic N) is 3. The second kappa shape index (κ2) is 6.04. The van der Waals surface area contributed by atoms with Crippen molar-refractivity contribution in [3.05, 3.63) is 24.0 Å². The van der Waals surface area contributed by atoms with Gasteiger partial charge in [-0.2, -0.15) is 0 Å². The first-order chi connectivity index (χ1) is 10.1. The summed E-state index contributed by atoms with van der Waals surface area (Å²) in [5.74, 6) is 1.24. The highest BCUT2D eigenvalue weighted by molar-refractivity contribution is 5.79. The van der Waals surface area contributed by atoms with Crippen molar-refractivity contribution < 1.29 is 4.79 Å². The molecule has 2 aliphatic rings. The van der Waals surface area contributed by atoms with Crippen molar-refractivity contribution in [3.8, 4) is 0 Å². The van der Waals surface area contributed by atoms with Crippen molar-refractivity contribution >= 4 is 11.6 Å². The van der Waals surface area contributed by atoms with Crippen LogP contribution in [0.1, 0.15) is 43.7 Å². The van der Waals surface area contributed by atoms with E-state index in [-0.39, 0.29) is 0 Å². The molecule has 4 nitrogen and oxygen atoms in total. The minimum absolute atomic E-state index is 0.332. The van der Waals surface area contributed by atoms with Gasteiger partial charge in [0.15, 0.2) is 0 Å². The van der Waals surface area contributed by atoms with Crippen LogP contribution in [0.3, 0.4) is 0 Å². The van der Waals surface area contributed by atoms with Crippen LogP contribution in [0.15, 0.2) is 18.3 Å². The van der Waals surface area contributed by atoms with E-state index < -0.39 is 0 Å². The van der Waals surface area contributed by atoms with E-state index in [0.29, 0.717) is 17.7 Å². The summed E-state index contributed by atoms with van der Waals surface area (Å²) in [4.78, 5) is 21.0. The number of carbonyl (C=O) groups is 1. The Labute approximate surface area is 127 Å². The zero-order valence-corrected chi connectivity index (χ0v) is 13.1. The second-order valence-corrected chi connectivity index (χ2v) is 6.56. The quantitative estimate of drug-likeness (QED) is 0.857. The molecule has 4 heteroatoms. The standard InChI is InChI=1S/C17H25N3O/c1-19(2)15-6-7-16(18-12-15)13-8-10-20(11-9-13)17(21)14-4-3-5-14/h6-7,12-14H,3-5,8-11H2,1-2H3. The fourth-order valence-corrected chi connectivity index (χ4v) is 3.21. The Balaban J connectivity index is 1.56. The molecule has 1 amide bonds. The van der Waals surface area contributed by atoms with Crippen molar-refractivity contribution in [2.75, 3.05) is 32.1 Å². The van der Waals surface area contributed by atoms with Crippen molar-refractivity contribution in [1.82, 2.24) is 9.88 Å². The smallest absolute Gasteiger partial charge is 0.225 e. The summed E-state index contributed by atoms with van der Waals surface area (Å²) in [6, 6.07) is 4.28. The number of aromatic nitrogens is 1. The molecule has 1 aliphatic carbocycles. The van der Waals surface area contributed by atoms with Crippen LogP contribution in [0.2, 0.25) is 0 Å². The molecule has 0 bridgehead atoms. The molecule has 1 saturated carbocycles. The Hall–Kier alpha value is -1.58. The first kappa shape index (κ1) is 14.4. The maximum absolute atomic E-state index is 12.2. The summed E-state index contributed by atoms with van der Waals surface area (Å²) in [6.07, 6.45) is 7.48. The summed E-state index contributed by atoms with van der Waals surface area (Å²) in [5, 5.41) is 0. The van der Waals surface area contributed by atoms with E-state index >= 15 is 0 Å². The molecule has 1 saturated heterocycles. The van der Waals surface area contributed by atoms with Crippen LogP contribution in [0.25, 0.3) is 0 Å². The summed E-state index contributed by atoms with van der Waals surface area (Å²) < 4.78 is 0. The highest BCUT2D eigenvalue weighted by Crippen LogP contribution is 2.32. The molecule has 21 heavy (non-hydrogen) atoms. The van der Waals surface area contributed by atoms with Gasteiger partial charge < -0.3 is 9.80 Å². The number of amides is 1. The molecule has 114 valence electrons. The third kappa shape index (κ3) is 3.04. The minimum Gasteiger partial charge on any atom is -0.376 e. The van der Waals surface area contributed by atoms with E-state index in [1.54, 1.807) is 0 Å². The van der Waals surface area contributed by atoms with Crippen LogP contribution in [0.4, 0.5) is 5.69 Å². The average molecular weight is 287 g/mol. The van der Waals surface area contributed by atoms with Gasteiger partial charge in [-0.3, -0.25) is 9.78 Å². The topological polar surface area (TPSA) is 36.4 Å². The van der Waals surface area contributed by atoms with E-state index in [9.17, 15) is 4.79 Å². The van der Waals surface area contributed by atoms with Gasteiger partial charge in [0, 0.05) is 44.7 Å². The van der Waals surface area contributed by atoms with Gasteiger partial charge in [0.1, 0.15) is 0 Å². The monoisotopic (exact) mass is 287 g/mol. The molecule has 1 aromatic rings. The zero-order chi connectivity index (χ0) is 14.8. The number of anilines is 1. The lowest BCUT2D eigenvalue weighted by atomic mass is 9.83. The van der Waals surface area contributed by atoms with E-state index in [4.69, 9.17) is 0 Å². The van der Waals surface area contributed by atoms with Crippen molar-refractivity contribution in [3.63, 3.8) is 0 Å². The Morgan fingerprint density at radius 1 is 1.19 bits per heavy atom. The van der Waals surface area contributed by atoms with E-state index in [1.807, 2.05) is 20.3 Å². The average Bonchev–Trinajstić information content (AvgIpc) is 2.46. The minimum atomic E-state index is 0.332. The van der Waals surface area contributed by atoms with Crippen LogP contribution < -0.4 is 4.90 Å². The van der Waals surface area contributed by atoms with Crippen LogP contribution in [-0.2, 0) is 4.79 Å². The molecule has 0 spiro atoms. The van der Waals surface area contributed by atoms with Crippen molar-refractivity contribution in [2.45, 2.75) is 38.0 Å². The zero-order valence-electron chi connectivity index (χ0n) is 13.1. The number of carbonyl (C=O) groups excluding carboxylic acids is 1. The first-order valence-electron chi connectivity index (χ1n) is 8.07. The second-order valence-electron chi connectivity index (χ2n) is 6.56. The van der Waals surface area contributed by atoms with Crippen LogP contribution in [0, 0.1) is 5.92 Å². The third-order valence-corrected chi connectivity index (χ3v) is 4.97. The predicted molar refractivity (Wildman–Crippen MR) is 84.5 cm³/mol. The number of pyridine rings is 1. The Morgan fingerprint density at radius 2 is 1.90 bits per heavy atom. The highest BCUT2D eigenvalue weighted by Gasteiger charge is 2.32. The van der Waals surface area contributed by atoms with Gasteiger partial charge in [0.25, 0.3) is 0 Å². The van der Waals surface area contributed by atoms with Crippen LogP contribution >= 0.6 is 0 Å². The fraction of sp³-hybridized carbons (Fsp3) is 0.647. The molecule has 0 unspecified atom stereocenters. The van der Waals surface area contributed by atoms with Crippen LogP contribution in [-0.4, -0.2) is 43.0 Å². The largest absolute Gasteiger partial charge is 0.376 e. The van der Waals surface area contributed by atoms with Crippen LogP contribution in [0.5, 0.6) is 0 Å². The van der Waals surface area contributed by atoms with Gasteiger partial charge in [0.2, 0.25) is 5.91 Å². The molecule has 2 heterocycles. The van der Waals surface area contributed by atoms with Gasteiger partial charge >= 0.3 is 0 Å². The van der Waals surface area contributed by atoms with Gasteiger partial charge in [-0.05, 0) is 37.8 Å². The molecule has 1 aliphatic heterocycles. The number of piperidine rings is 1. The molecule has 0 aromatic carbocycles. The van der Waals surface area contributed by atoms with Gasteiger partial charge in [-0.25, -0.2) is 0 Å². The summed E-state index contributed by atoms with van der Waals surface area (Å²) in [5.41, 5.74) is 2.31. The fourth-order valence-electron chi connectivity index (χ4n) is 3.21. The van der Waals surface area contributed by atoms with E-state index in [1.165, 1.54) is 12.1 Å². The Kier molecular flexibility index (Phi) is 4.13. The van der Waals surface area contributed by atoms with Gasteiger partial charge in [-0.1, -0.05) is 6.42 Å². The molecule has 0 radical (unpaired) electrons. The third-order valence-electron chi connectivity index (χ3n) is 4.97. The molecule has 3 rings (SSSR count). The maximum atomic E-state index is 12.2. The summed E-state index contributed by atoms with van der Waals surface area (Å²) >= 11 is 0. The lowest BCUT2D eigenvalue weighted by Crippen LogP contribution is -2.43. The Bertz CT molecular complexity index is 485. The lowest BCUT2D eigenvalue weighted by molar-refractivity contribution is -0.139. The van der Waals surface area contributed by atoms with Crippen molar-refractivity contribution in [2.24, 2.45) is 5.92 Å². The van der Waals surface area contributed by atoms with E-state index in [2.05, 4.69) is 26.9 Å². The van der Waals surface area contributed by atoms with E-state index in [0.717, 1.165) is 44.5 Å². The van der Waals surface area contributed by atoms with Crippen molar-refractivity contribution in [1.29, 1.82) is 0 Å². The number of rotatable bonds is 3. The molecule has 0 N–H and O–H groups in total. The number of hydrogen-bond donors (Lipinski definition) is 0. The first-order valence-corrected chi connectivity index (χ1v) is 8.07. The maximum Gasteiger partial charge on any atom is 0.225 e. The Morgan fingerprint density at radius 3 is 2.38 bits per heavy atom. The molecular formula is C17H25N3O.